The summed E-state index contributed by atoms with van der Waals surface area (Å²) in [5, 5.41) is 11.7. The molecule has 0 saturated carbocycles. The quantitative estimate of drug-likeness (QED) is 0.799. The van der Waals surface area contributed by atoms with E-state index in [0.29, 0.717) is 17.0 Å². The number of anilines is 1. The third-order valence-electron chi connectivity index (χ3n) is 2.79. The molecular formula is C16H13BrN2O2S. The molecule has 0 atom stereocenters. The average molecular weight is 377 g/mol. The highest BCUT2D eigenvalue weighted by Crippen LogP contribution is 2.26. The first-order valence-corrected chi connectivity index (χ1v) is 8.16. The van der Waals surface area contributed by atoms with E-state index < -0.39 is 0 Å². The number of benzene rings is 2. The van der Waals surface area contributed by atoms with Crippen LogP contribution in [-0.4, -0.2) is 18.8 Å². The standard InChI is InChI=1S/C16H13BrN2O2S/c1-21-15-7-2-11(9-18)8-14(15)19-16(20)10-22-13-5-3-12(17)4-6-13/h2-8H,10H2,1H3,(H,19,20). The summed E-state index contributed by atoms with van der Waals surface area (Å²) in [7, 11) is 1.52. The molecule has 0 saturated heterocycles. The number of nitrogens with one attached hydrogen (secondary N) is 1. The molecule has 1 N–H and O–H groups in total. The SMILES string of the molecule is COc1ccc(C#N)cc1NC(=O)CSc1ccc(Br)cc1. The summed E-state index contributed by atoms with van der Waals surface area (Å²) in [6.45, 7) is 0. The van der Waals surface area contributed by atoms with Crippen LogP contribution in [-0.2, 0) is 4.79 Å². The van der Waals surface area contributed by atoms with Gasteiger partial charge in [-0.25, -0.2) is 0 Å². The molecule has 0 aliphatic heterocycles. The van der Waals surface area contributed by atoms with Gasteiger partial charge in [-0.3, -0.25) is 4.79 Å². The van der Waals surface area contributed by atoms with Crippen LogP contribution in [0.5, 0.6) is 5.75 Å². The highest BCUT2D eigenvalue weighted by Gasteiger charge is 2.09. The minimum absolute atomic E-state index is 0.152. The molecule has 6 heteroatoms. The van der Waals surface area contributed by atoms with E-state index in [1.165, 1.54) is 18.9 Å². The number of halogens is 1. The molecule has 0 heterocycles. The summed E-state index contributed by atoms with van der Waals surface area (Å²) in [6, 6.07) is 14.7. The van der Waals surface area contributed by atoms with E-state index in [1.807, 2.05) is 30.3 Å². The zero-order valence-corrected chi connectivity index (χ0v) is 14.2. The van der Waals surface area contributed by atoms with Gasteiger partial charge in [-0.2, -0.15) is 5.26 Å². The monoisotopic (exact) mass is 376 g/mol. The summed E-state index contributed by atoms with van der Waals surface area (Å²) in [5.41, 5.74) is 0.972. The van der Waals surface area contributed by atoms with Crippen LogP contribution in [0.3, 0.4) is 0 Å². The number of carbonyl (C=O) groups is 1. The highest BCUT2D eigenvalue weighted by molar-refractivity contribution is 9.10. The van der Waals surface area contributed by atoms with Crippen LogP contribution in [0, 0.1) is 11.3 Å². The van der Waals surface area contributed by atoms with E-state index in [9.17, 15) is 4.79 Å². The van der Waals surface area contributed by atoms with Gasteiger partial charge in [0.15, 0.2) is 0 Å². The predicted molar refractivity (Wildman–Crippen MR) is 91.2 cm³/mol. The second-order valence-corrected chi connectivity index (χ2v) is 6.28. The van der Waals surface area contributed by atoms with Crippen LogP contribution in [0.4, 0.5) is 5.69 Å². The van der Waals surface area contributed by atoms with Crippen molar-refractivity contribution in [3.05, 3.63) is 52.5 Å². The second kappa shape index (κ2) is 7.87. The number of amides is 1. The van der Waals surface area contributed by atoms with Gasteiger partial charge < -0.3 is 10.1 Å². The van der Waals surface area contributed by atoms with Crippen LogP contribution in [0.2, 0.25) is 0 Å². The molecule has 112 valence electrons. The van der Waals surface area contributed by atoms with Crippen LogP contribution in [0.15, 0.2) is 51.8 Å². The van der Waals surface area contributed by atoms with Crippen LogP contribution in [0.1, 0.15) is 5.56 Å². The molecule has 2 rings (SSSR count). The fourth-order valence-corrected chi connectivity index (χ4v) is 2.70. The number of rotatable bonds is 5. The molecule has 0 spiro atoms. The van der Waals surface area contributed by atoms with Crippen molar-refractivity contribution in [1.82, 2.24) is 0 Å². The molecule has 0 radical (unpaired) electrons. The Balaban J connectivity index is 2.00. The van der Waals surface area contributed by atoms with Gasteiger partial charge in [0.05, 0.1) is 30.2 Å². The van der Waals surface area contributed by atoms with Gasteiger partial charge in [0, 0.05) is 9.37 Å². The summed E-state index contributed by atoms with van der Waals surface area (Å²) >= 11 is 4.81. The van der Waals surface area contributed by atoms with E-state index in [1.54, 1.807) is 18.2 Å². The van der Waals surface area contributed by atoms with Crippen molar-refractivity contribution >= 4 is 39.3 Å². The number of ether oxygens (including phenoxy) is 1. The molecule has 2 aromatic carbocycles. The molecular weight excluding hydrogens is 364 g/mol. The zero-order valence-electron chi connectivity index (χ0n) is 11.8. The van der Waals surface area contributed by atoms with Gasteiger partial charge in [-0.05, 0) is 42.5 Å². The van der Waals surface area contributed by atoms with Gasteiger partial charge >= 0.3 is 0 Å². The summed E-state index contributed by atoms with van der Waals surface area (Å²) in [6.07, 6.45) is 0. The van der Waals surface area contributed by atoms with E-state index in [-0.39, 0.29) is 11.7 Å². The molecule has 0 aliphatic rings. The molecule has 1 amide bonds. The number of hydrogen-bond acceptors (Lipinski definition) is 4. The molecule has 0 aromatic heterocycles. The van der Waals surface area contributed by atoms with Crippen molar-refractivity contribution in [2.75, 3.05) is 18.2 Å². The lowest BCUT2D eigenvalue weighted by Gasteiger charge is -2.10. The minimum Gasteiger partial charge on any atom is -0.495 e. The third kappa shape index (κ3) is 4.52. The summed E-state index contributed by atoms with van der Waals surface area (Å²) in [5.74, 6) is 0.656. The summed E-state index contributed by atoms with van der Waals surface area (Å²) in [4.78, 5) is 13.1. The molecule has 0 bridgehead atoms. The highest BCUT2D eigenvalue weighted by atomic mass is 79.9. The maximum atomic E-state index is 12.0. The van der Waals surface area contributed by atoms with E-state index in [0.717, 1.165) is 9.37 Å². The van der Waals surface area contributed by atoms with Crippen LogP contribution < -0.4 is 10.1 Å². The largest absolute Gasteiger partial charge is 0.495 e. The van der Waals surface area contributed by atoms with E-state index >= 15 is 0 Å². The topological polar surface area (TPSA) is 62.1 Å². The Bertz CT molecular complexity index is 711. The maximum absolute atomic E-state index is 12.0. The van der Waals surface area contributed by atoms with Gasteiger partial charge in [0.2, 0.25) is 5.91 Å². The Hall–Kier alpha value is -1.97. The number of nitrogens with zero attached hydrogens (tertiary/aromatic N) is 1. The van der Waals surface area contributed by atoms with Crippen molar-refractivity contribution in [1.29, 1.82) is 5.26 Å². The van der Waals surface area contributed by atoms with Gasteiger partial charge in [-0.1, -0.05) is 15.9 Å². The van der Waals surface area contributed by atoms with Crippen molar-refractivity contribution in [3.8, 4) is 11.8 Å². The molecule has 0 aliphatic carbocycles. The molecule has 0 unspecified atom stereocenters. The Labute approximate surface area is 141 Å². The molecule has 22 heavy (non-hydrogen) atoms. The average Bonchev–Trinajstić information content (AvgIpc) is 2.54. The van der Waals surface area contributed by atoms with Crippen LogP contribution in [0.25, 0.3) is 0 Å². The number of nitriles is 1. The molecule has 2 aromatic rings. The lowest BCUT2D eigenvalue weighted by Crippen LogP contribution is -2.14. The number of carbonyl (C=O) groups excluding carboxylic acids is 1. The Kier molecular flexibility index (Phi) is 5.87. The van der Waals surface area contributed by atoms with Crippen molar-refractivity contribution in [2.45, 2.75) is 4.90 Å². The van der Waals surface area contributed by atoms with Gasteiger partial charge in [0.25, 0.3) is 0 Å². The molecule has 4 nitrogen and oxygen atoms in total. The number of methoxy groups -OCH3 is 1. The van der Waals surface area contributed by atoms with Gasteiger partial charge in [-0.15, -0.1) is 11.8 Å². The first-order valence-electron chi connectivity index (χ1n) is 6.38. The zero-order chi connectivity index (χ0) is 15.9. The Morgan fingerprint density at radius 3 is 2.68 bits per heavy atom. The second-order valence-electron chi connectivity index (χ2n) is 4.32. The predicted octanol–water partition coefficient (Wildman–Crippen LogP) is 4.06. The Morgan fingerprint density at radius 2 is 2.05 bits per heavy atom. The van der Waals surface area contributed by atoms with Crippen molar-refractivity contribution in [2.24, 2.45) is 0 Å². The fourth-order valence-electron chi connectivity index (χ4n) is 1.74. The van der Waals surface area contributed by atoms with Crippen LogP contribution >= 0.6 is 27.7 Å². The van der Waals surface area contributed by atoms with Gasteiger partial charge in [0.1, 0.15) is 5.75 Å². The minimum atomic E-state index is -0.152. The first kappa shape index (κ1) is 16.4. The smallest absolute Gasteiger partial charge is 0.234 e. The number of thioether (sulfide) groups is 1. The van der Waals surface area contributed by atoms with Crippen molar-refractivity contribution in [3.63, 3.8) is 0 Å². The Morgan fingerprint density at radius 1 is 1.32 bits per heavy atom. The van der Waals surface area contributed by atoms with E-state index in [2.05, 4.69) is 21.2 Å². The lowest BCUT2D eigenvalue weighted by molar-refractivity contribution is -0.113. The lowest BCUT2D eigenvalue weighted by atomic mass is 10.2. The number of hydrogen-bond donors (Lipinski definition) is 1. The fraction of sp³-hybridized carbons (Fsp3) is 0.125. The third-order valence-corrected chi connectivity index (χ3v) is 4.33. The normalized spacial score (nSPS) is 9.86. The molecule has 0 fully saturated rings. The van der Waals surface area contributed by atoms with Crippen molar-refractivity contribution < 1.29 is 9.53 Å². The first-order chi connectivity index (χ1) is 10.6. The maximum Gasteiger partial charge on any atom is 0.234 e. The summed E-state index contributed by atoms with van der Waals surface area (Å²) < 4.78 is 6.18. The van der Waals surface area contributed by atoms with E-state index in [4.69, 9.17) is 10.00 Å².